The number of benzene rings is 1. The lowest BCUT2D eigenvalue weighted by molar-refractivity contribution is -0.145. The van der Waals surface area contributed by atoms with Crippen LogP contribution in [0.3, 0.4) is 0 Å². The van der Waals surface area contributed by atoms with E-state index in [1.165, 1.54) is 31.3 Å². The van der Waals surface area contributed by atoms with Gasteiger partial charge in [-0.1, -0.05) is 17.7 Å². The van der Waals surface area contributed by atoms with E-state index in [2.05, 4.69) is 20.5 Å². The largest absolute Gasteiger partial charge is 0.366 e. The van der Waals surface area contributed by atoms with Gasteiger partial charge in [-0.2, -0.15) is 10.6 Å². The number of rotatable bonds is 2. The Hall–Kier alpha value is -2.15. The SMILES string of the molecule is CC(=O)ONC(N)=NN=Cc1ccc(F)c(Cl)c1. The summed E-state index contributed by atoms with van der Waals surface area (Å²) in [6.45, 7) is 1.20. The van der Waals surface area contributed by atoms with E-state index in [4.69, 9.17) is 17.3 Å². The molecule has 0 aromatic heterocycles. The number of nitrogens with one attached hydrogen (secondary N) is 1. The molecule has 1 aromatic rings. The summed E-state index contributed by atoms with van der Waals surface area (Å²) >= 11 is 5.57. The molecule has 0 radical (unpaired) electrons. The first kappa shape index (κ1) is 13.9. The summed E-state index contributed by atoms with van der Waals surface area (Å²) in [7, 11) is 0. The van der Waals surface area contributed by atoms with Gasteiger partial charge in [0.15, 0.2) is 0 Å². The highest BCUT2D eigenvalue weighted by atomic mass is 35.5. The van der Waals surface area contributed by atoms with E-state index >= 15 is 0 Å². The van der Waals surface area contributed by atoms with Gasteiger partial charge in [-0.25, -0.2) is 4.39 Å². The summed E-state index contributed by atoms with van der Waals surface area (Å²) in [6.07, 6.45) is 1.31. The second kappa shape index (κ2) is 6.55. The van der Waals surface area contributed by atoms with Gasteiger partial charge in [0.05, 0.1) is 11.2 Å². The maximum atomic E-state index is 12.8. The molecule has 96 valence electrons. The fourth-order valence-corrected chi connectivity index (χ4v) is 1.08. The van der Waals surface area contributed by atoms with Crippen molar-refractivity contribution in [3.05, 3.63) is 34.6 Å². The molecular formula is C10H10ClFN4O2. The van der Waals surface area contributed by atoms with Gasteiger partial charge in [-0.3, -0.25) is 4.79 Å². The van der Waals surface area contributed by atoms with Gasteiger partial charge < -0.3 is 10.6 Å². The molecule has 0 atom stereocenters. The highest BCUT2D eigenvalue weighted by Gasteiger charge is 1.98. The Morgan fingerprint density at radius 3 is 2.94 bits per heavy atom. The van der Waals surface area contributed by atoms with Crippen LogP contribution in [0.5, 0.6) is 0 Å². The minimum atomic E-state index is -0.567. The van der Waals surface area contributed by atoms with Crippen molar-refractivity contribution in [3.8, 4) is 0 Å². The third-order valence-corrected chi connectivity index (χ3v) is 1.90. The Morgan fingerprint density at radius 2 is 2.33 bits per heavy atom. The molecule has 0 amide bonds. The predicted molar refractivity (Wildman–Crippen MR) is 65.5 cm³/mol. The van der Waals surface area contributed by atoms with Gasteiger partial charge in [0.2, 0.25) is 5.96 Å². The summed E-state index contributed by atoms with van der Waals surface area (Å²) in [5, 5.41) is 7.06. The third-order valence-electron chi connectivity index (χ3n) is 1.62. The van der Waals surface area contributed by atoms with Crippen molar-refractivity contribution in [1.29, 1.82) is 0 Å². The fraction of sp³-hybridized carbons (Fsp3) is 0.100. The number of hydroxylamine groups is 1. The van der Waals surface area contributed by atoms with Crippen molar-refractivity contribution in [1.82, 2.24) is 5.48 Å². The van der Waals surface area contributed by atoms with Crippen molar-refractivity contribution < 1.29 is 14.0 Å². The van der Waals surface area contributed by atoms with Crippen molar-refractivity contribution >= 4 is 29.7 Å². The van der Waals surface area contributed by atoms with Gasteiger partial charge in [0.25, 0.3) is 0 Å². The topological polar surface area (TPSA) is 89.1 Å². The van der Waals surface area contributed by atoms with Crippen molar-refractivity contribution in [3.63, 3.8) is 0 Å². The lowest BCUT2D eigenvalue weighted by atomic mass is 10.2. The molecule has 0 aliphatic carbocycles. The van der Waals surface area contributed by atoms with Crippen LogP contribution in [0.4, 0.5) is 4.39 Å². The predicted octanol–water partition coefficient (Wildman–Crippen LogP) is 1.20. The zero-order valence-corrected chi connectivity index (χ0v) is 10.1. The van der Waals surface area contributed by atoms with Gasteiger partial charge in [-0.15, -0.1) is 5.10 Å². The van der Waals surface area contributed by atoms with Crippen LogP contribution in [0.2, 0.25) is 5.02 Å². The Bertz CT molecular complexity index is 505. The van der Waals surface area contributed by atoms with E-state index in [0.717, 1.165) is 0 Å². The van der Waals surface area contributed by atoms with Crippen LogP contribution < -0.4 is 11.2 Å². The normalized spacial score (nSPS) is 11.6. The molecule has 0 heterocycles. The van der Waals surface area contributed by atoms with Crippen LogP contribution in [-0.2, 0) is 9.63 Å². The minimum absolute atomic E-state index is 0.0195. The zero-order valence-electron chi connectivity index (χ0n) is 9.35. The number of nitrogens with zero attached hydrogens (tertiary/aromatic N) is 2. The number of guanidine groups is 1. The van der Waals surface area contributed by atoms with Crippen LogP contribution in [-0.4, -0.2) is 18.1 Å². The Kier molecular flexibility index (Phi) is 5.06. The molecule has 0 bridgehead atoms. The average molecular weight is 273 g/mol. The second-order valence-electron chi connectivity index (χ2n) is 3.10. The molecule has 0 aliphatic heterocycles. The molecule has 8 heteroatoms. The first-order valence-corrected chi connectivity index (χ1v) is 5.12. The highest BCUT2D eigenvalue weighted by Crippen LogP contribution is 2.14. The van der Waals surface area contributed by atoms with E-state index in [1.807, 2.05) is 0 Å². The Labute approximate surface area is 107 Å². The van der Waals surface area contributed by atoms with Gasteiger partial charge in [0.1, 0.15) is 5.82 Å². The van der Waals surface area contributed by atoms with E-state index in [9.17, 15) is 9.18 Å². The van der Waals surface area contributed by atoms with Crippen molar-refractivity contribution in [2.75, 3.05) is 0 Å². The summed E-state index contributed by atoms with van der Waals surface area (Å²) in [6, 6.07) is 4.05. The molecular weight excluding hydrogens is 263 g/mol. The number of hydrogen-bond donors (Lipinski definition) is 2. The van der Waals surface area contributed by atoms with E-state index in [-0.39, 0.29) is 11.0 Å². The summed E-state index contributed by atoms with van der Waals surface area (Å²) < 4.78 is 12.8. The molecule has 3 N–H and O–H groups in total. The molecule has 0 fully saturated rings. The van der Waals surface area contributed by atoms with E-state index < -0.39 is 11.8 Å². The Balaban J connectivity index is 2.60. The highest BCUT2D eigenvalue weighted by molar-refractivity contribution is 6.31. The van der Waals surface area contributed by atoms with E-state index in [0.29, 0.717) is 5.56 Å². The first-order chi connectivity index (χ1) is 8.49. The molecule has 0 spiro atoms. The average Bonchev–Trinajstić information content (AvgIpc) is 2.31. The smallest absolute Gasteiger partial charge is 0.329 e. The molecule has 0 aliphatic rings. The number of carbonyl (C=O) groups is 1. The summed E-state index contributed by atoms with van der Waals surface area (Å²) in [5.74, 6) is -1.29. The first-order valence-electron chi connectivity index (χ1n) is 4.74. The van der Waals surface area contributed by atoms with Crippen molar-refractivity contribution in [2.45, 2.75) is 6.92 Å². The summed E-state index contributed by atoms with van der Waals surface area (Å²) in [5.41, 5.74) is 7.92. The summed E-state index contributed by atoms with van der Waals surface area (Å²) in [4.78, 5) is 14.8. The van der Waals surface area contributed by atoms with Crippen LogP contribution in [0.25, 0.3) is 0 Å². The maximum absolute atomic E-state index is 12.8. The molecule has 1 aromatic carbocycles. The number of halogens is 2. The number of carbonyl (C=O) groups excluding carboxylic acids is 1. The second-order valence-corrected chi connectivity index (χ2v) is 3.51. The molecule has 6 nitrogen and oxygen atoms in total. The third kappa shape index (κ3) is 4.79. The zero-order chi connectivity index (χ0) is 13.5. The van der Waals surface area contributed by atoms with Crippen LogP contribution in [0.15, 0.2) is 28.4 Å². The minimum Gasteiger partial charge on any atom is -0.366 e. The van der Waals surface area contributed by atoms with Crippen LogP contribution >= 0.6 is 11.6 Å². The van der Waals surface area contributed by atoms with Crippen molar-refractivity contribution in [2.24, 2.45) is 15.9 Å². The number of nitrogens with two attached hydrogens (primary N) is 1. The molecule has 0 saturated carbocycles. The fourth-order valence-electron chi connectivity index (χ4n) is 0.895. The van der Waals surface area contributed by atoms with E-state index in [1.54, 1.807) is 0 Å². The lowest BCUT2D eigenvalue weighted by Crippen LogP contribution is -2.32. The molecule has 0 saturated heterocycles. The molecule has 18 heavy (non-hydrogen) atoms. The standard InChI is InChI=1S/C10H10ClFN4O2/c1-6(17)18-16-10(13)15-14-5-7-2-3-9(12)8(11)4-7/h2-5H,1H3,(H3,13,15,16). The van der Waals surface area contributed by atoms with Crippen LogP contribution in [0, 0.1) is 5.82 Å². The quantitative estimate of drug-likeness (QED) is 0.481. The lowest BCUT2D eigenvalue weighted by Gasteiger charge is -2.00. The van der Waals surface area contributed by atoms with Crippen LogP contribution in [0.1, 0.15) is 12.5 Å². The van der Waals surface area contributed by atoms with Gasteiger partial charge in [0, 0.05) is 6.92 Å². The van der Waals surface area contributed by atoms with Gasteiger partial charge in [-0.05, 0) is 17.7 Å². The molecule has 0 unspecified atom stereocenters. The Morgan fingerprint density at radius 1 is 1.61 bits per heavy atom. The van der Waals surface area contributed by atoms with Gasteiger partial charge >= 0.3 is 5.97 Å². The maximum Gasteiger partial charge on any atom is 0.329 e. The monoisotopic (exact) mass is 272 g/mol. The number of hydrogen-bond acceptors (Lipinski definition) is 4. The molecule has 1 rings (SSSR count).